The number of benzene rings is 4. The van der Waals surface area contributed by atoms with Crippen LogP contribution in [-0.4, -0.2) is 31.5 Å². The third-order valence-corrected chi connectivity index (χ3v) is 7.73. The van der Waals surface area contributed by atoms with Crippen molar-refractivity contribution in [3.05, 3.63) is 71.8 Å². The number of ether oxygens (including phenoxy) is 2. The smallest absolute Gasteiger partial charge is 0.212 e. The van der Waals surface area contributed by atoms with Crippen molar-refractivity contribution in [2.45, 2.75) is 6.54 Å². The lowest BCUT2D eigenvalue weighted by molar-refractivity contribution is 0.0673. The molecule has 4 aromatic carbocycles. The van der Waals surface area contributed by atoms with Crippen molar-refractivity contribution in [3.8, 4) is 0 Å². The normalized spacial score (nSPS) is 12.1. The molecular formula is C29H19F4NO6S. The van der Waals surface area contributed by atoms with Gasteiger partial charge in [-0.25, -0.2) is 8.78 Å². The zero-order valence-electron chi connectivity index (χ0n) is 21.3. The Bertz CT molecular complexity index is 2200. The minimum Gasteiger partial charge on any atom is -0.449 e. The van der Waals surface area contributed by atoms with Crippen LogP contribution in [0.3, 0.4) is 0 Å². The Morgan fingerprint density at radius 2 is 1.15 bits per heavy atom. The summed E-state index contributed by atoms with van der Waals surface area (Å²) in [4.78, 5) is 0. The van der Waals surface area contributed by atoms with Gasteiger partial charge >= 0.3 is 0 Å². The highest BCUT2D eigenvalue weighted by Crippen LogP contribution is 2.37. The van der Waals surface area contributed by atoms with E-state index in [-0.39, 0.29) is 11.2 Å². The summed E-state index contributed by atoms with van der Waals surface area (Å²) < 4.78 is 94.3. The maximum Gasteiger partial charge on any atom is 0.212 e. The Labute approximate surface area is 231 Å². The van der Waals surface area contributed by atoms with E-state index in [4.69, 9.17) is 27.1 Å². The summed E-state index contributed by atoms with van der Waals surface area (Å²) in [6.07, 6.45) is 0. The predicted molar refractivity (Wildman–Crippen MR) is 145 cm³/mol. The first-order valence-corrected chi connectivity index (χ1v) is 13.3. The first-order chi connectivity index (χ1) is 19.9. The van der Waals surface area contributed by atoms with E-state index in [0.29, 0.717) is 58.9 Å². The van der Waals surface area contributed by atoms with Gasteiger partial charge in [-0.05, 0) is 12.1 Å². The molecule has 0 atom stereocenters. The molecule has 7 aromatic rings. The van der Waals surface area contributed by atoms with Gasteiger partial charge in [-0.3, -0.25) is 0 Å². The first-order valence-electron chi connectivity index (χ1n) is 12.5. The van der Waals surface area contributed by atoms with Crippen LogP contribution < -0.4 is 0 Å². The van der Waals surface area contributed by atoms with Gasteiger partial charge in [0.25, 0.3) is 0 Å². The fourth-order valence-corrected chi connectivity index (χ4v) is 5.82. The van der Waals surface area contributed by atoms with Crippen LogP contribution in [0.2, 0.25) is 0 Å². The molecule has 0 aliphatic carbocycles. The van der Waals surface area contributed by atoms with Gasteiger partial charge in [-0.2, -0.15) is 8.78 Å². The van der Waals surface area contributed by atoms with Crippen LogP contribution in [0.15, 0.2) is 66.2 Å². The van der Waals surface area contributed by atoms with Crippen LogP contribution >= 0.6 is 11.3 Å². The monoisotopic (exact) mass is 585 g/mol. The molecule has 0 radical (unpaired) electrons. The molecule has 0 N–H and O–H groups in total. The van der Waals surface area contributed by atoms with Gasteiger partial charge in [0.15, 0.2) is 33.5 Å². The molecule has 0 aliphatic heterocycles. The predicted octanol–water partition coefficient (Wildman–Crippen LogP) is 8.75. The van der Waals surface area contributed by atoms with Crippen molar-refractivity contribution in [1.29, 1.82) is 0 Å². The molecule has 7 rings (SSSR count). The number of halogens is 4. The molecule has 0 unspecified atom stereocenters. The van der Waals surface area contributed by atoms with Crippen molar-refractivity contribution in [1.82, 2.24) is 4.57 Å². The van der Waals surface area contributed by atoms with Gasteiger partial charge in [0.1, 0.15) is 0 Å². The number of para-hydroxylation sites is 2. The fourth-order valence-electron chi connectivity index (χ4n) is 4.70. The molecule has 7 nitrogen and oxygen atoms in total. The SMILES string of the molecule is COCCOCCn1c2cc3oc4ccccc4oc3cc2sc2cc3oc4c(F)c(F)c(F)c(F)c4oc3cc21. The van der Waals surface area contributed by atoms with E-state index in [9.17, 15) is 17.6 Å². The first kappa shape index (κ1) is 25.7. The maximum absolute atomic E-state index is 14.5. The lowest BCUT2D eigenvalue weighted by Crippen LogP contribution is -2.10. The average Bonchev–Trinajstić information content (AvgIpc) is 2.98. The van der Waals surface area contributed by atoms with Crippen molar-refractivity contribution >= 4 is 76.4 Å². The van der Waals surface area contributed by atoms with E-state index in [1.54, 1.807) is 25.3 Å². The van der Waals surface area contributed by atoms with Crippen molar-refractivity contribution in [3.63, 3.8) is 0 Å². The maximum atomic E-state index is 14.5. The summed E-state index contributed by atoms with van der Waals surface area (Å²) in [6.45, 7) is 1.53. The summed E-state index contributed by atoms with van der Waals surface area (Å²) in [7, 11) is 1.58. The molecule has 0 fully saturated rings. The molecule has 3 aromatic heterocycles. The largest absolute Gasteiger partial charge is 0.449 e. The topological polar surface area (TPSA) is 76.0 Å². The minimum absolute atomic E-state index is 0.00128. The van der Waals surface area contributed by atoms with Crippen LogP contribution in [-0.2, 0) is 16.0 Å². The molecule has 210 valence electrons. The zero-order valence-corrected chi connectivity index (χ0v) is 22.1. The van der Waals surface area contributed by atoms with E-state index in [2.05, 4.69) is 0 Å². The molecule has 0 amide bonds. The van der Waals surface area contributed by atoms with Crippen LogP contribution in [0.25, 0.3) is 65.1 Å². The number of methoxy groups -OCH3 is 1. The van der Waals surface area contributed by atoms with E-state index in [1.165, 1.54) is 11.3 Å². The molecule has 12 heteroatoms. The number of rotatable bonds is 6. The molecule has 0 saturated carbocycles. The Morgan fingerprint density at radius 1 is 0.634 bits per heavy atom. The summed E-state index contributed by atoms with van der Waals surface area (Å²) in [6, 6.07) is 14.2. The van der Waals surface area contributed by atoms with Crippen molar-refractivity contribution in [2.75, 3.05) is 26.9 Å². The van der Waals surface area contributed by atoms with Gasteiger partial charge in [0.05, 0.1) is 40.3 Å². The third kappa shape index (κ3) is 4.26. The number of fused-ring (bicyclic) bond motifs is 6. The number of nitrogens with zero attached hydrogens (tertiary/aromatic N) is 1. The summed E-state index contributed by atoms with van der Waals surface area (Å²) >= 11 is 1.38. The molecule has 3 heterocycles. The molecule has 0 bridgehead atoms. The van der Waals surface area contributed by atoms with Gasteiger partial charge in [-0.1, -0.05) is 12.1 Å². The standard InChI is InChI=1S/C29H19F4NO6S/c1-35-8-9-36-7-6-34-14-10-18-20(38-17-5-3-2-4-16(17)37-18)12-22(14)41-23-13-21-19(11-15(23)34)39-28-26(32)24(30)25(31)27(33)29(28)40-21/h2-5,10-13H,6-9H2,1H3. The minimum atomic E-state index is -1.99. The second-order valence-electron chi connectivity index (χ2n) is 9.16. The second-order valence-corrected chi connectivity index (χ2v) is 10.2. The number of aromatic nitrogens is 1. The molecule has 0 aliphatic rings. The number of hydrogen-bond donors (Lipinski definition) is 0. The summed E-state index contributed by atoms with van der Waals surface area (Å²) in [5, 5.41) is 0. The van der Waals surface area contributed by atoms with Gasteiger partial charge in [0, 0.05) is 37.9 Å². The second kappa shape index (κ2) is 9.98. The Morgan fingerprint density at radius 3 is 1.71 bits per heavy atom. The van der Waals surface area contributed by atoms with Crippen LogP contribution in [0.5, 0.6) is 0 Å². The van der Waals surface area contributed by atoms with Crippen LogP contribution in [0.4, 0.5) is 17.6 Å². The highest BCUT2D eigenvalue weighted by molar-refractivity contribution is 7.24. The zero-order chi connectivity index (χ0) is 28.2. The van der Waals surface area contributed by atoms with E-state index >= 15 is 0 Å². The summed E-state index contributed by atoms with van der Waals surface area (Å²) in [5.41, 5.74) is 1.90. The average molecular weight is 586 g/mol. The Kier molecular flexibility index (Phi) is 6.25. The fraction of sp³-hybridized carbons (Fsp3) is 0.172. The number of hydrogen-bond acceptors (Lipinski definition) is 7. The van der Waals surface area contributed by atoms with E-state index < -0.39 is 34.4 Å². The van der Waals surface area contributed by atoms with Crippen molar-refractivity contribution in [2.24, 2.45) is 0 Å². The quantitative estimate of drug-likeness (QED) is 0.0639. The highest BCUT2D eigenvalue weighted by atomic mass is 32.1. The molecule has 0 spiro atoms. The highest BCUT2D eigenvalue weighted by Gasteiger charge is 2.25. The lowest BCUT2D eigenvalue weighted by Gasteiger charge is -2.16. The Balaban J connectivity index is 1.50. The lowest BCUT2D eigenvalue weighted by atomic mass is 10.2. The molecular weight excluding hydrogens is 566 g/mol. The van der Waals surface area contributed by atoms with Gasteiger partial charge < -0.3 is 31.7 Å². The molecule has 41 heavy (non-hydrogen) atoms. The third-order valence-electron chi connectivity index (χ3n) is 6.64. The summed E-state index contributed by atoms with van der Waals surface area (Å²) in [5.74, 6) is -7.34. The molecule has 0 saturated heterocycles. The Hall–Kier alpha value is -4.26. The van der Waals surface area contributed by atoms with Gasteiger partial charge in [-0.15, -0.1) is 11.3 Å². The van der Waals surface area contributed by atoms with E-state index in [1.807, 2.05) is 34.9 Å². The van der Waals surface area contributed by atoms with Crippen LogP contribution in [0.1, 0.15) is 0 Å². The van der Waals surface area contributed by atoms with E-state index in [0.717, 1.165) is 10.2 Å². The van der Waals surface area contributed by atoms with Crippen molar-refractivity contribution < 1.29 is 44.7 Å². The van der Waals surface area contributed by atoms with Crippen LogP contribution in [0, 0.1) is 23.3 Å². The van der Waals surface area contributed by atoms with Gasteiger partial charge in [0.2, 0.25) is 34.4 Å².